The van der Waals surface area contributed by atoms with Crippen molar-refractivity contribution in [3.05, 3.63) is 87.5 Å². The average molecular weight is 408 g/mol. The van der Waals surface area contributed by atoms with Crippen LogP contribution in [0.4, 0.5) is 5.69 Å². The Morgan fingerprint density at radius 1 is 1.07 bits per heavy atom. The quantitative estimate of drug-likeness (QED) is 0.571. The van der Waals surface area contributed by atoms with Gasteiger partial charge in [-0.25, -0.2) is 4.99 Å². The van der Waals surface area contributed by atoms with Gasteiger partial charge in [0, 0.05) is 22.6 Å². The van der Waals surface area contributed by atoms with Crippen molar-refractivity contribution >= 4 is 46.2 Å². The highest BCUT2D eigenvalue weighted by Crippen LogP contribution is 2.30. The second kappa shape index (κ2) is 7.70. The Kier molecular flexibility index (Phi) is 5.11. The molecule has 0 aliphatic carbocycles. The minimum atomic E-state index is -0.141. The van der Waals surface area contributed by atoms with Gasteiger partial charge in [-0.2, -0.15) is 0 Å². The van der Waals surface area contributed by atoms with Crippen LogP contribution in [0.3, 0.4) is 0 Å². The largest absolute Gasteiger partial charge is 0.317 e. The van der Waals surface area contributed by atoms with Gasteiger partial charge in [0.25, 0.3) is 5.91 Å². The lowest BCUT2D eigenvalue weighted by atomic mass is 10.1. The van der Waals surface area contributed by atoms with Crippen LogP contribution in [0, 0.1) is 13.8 Å². The minimum absolute atomic E-state index is 0.141. The molecule has 28 heavy (non-hydrogen) atoms. The molecule has 1 fully saturated rings. The number of hydrogen-bond acceptors (Lipinski definition) is 3. The summed E-state index contributed by atoms with van der Waals surface area (Å²) in [6, 6.07) is 17.5. The number of amidine groups is 1. The molecule has 1 aromatic heterocycles. The van der Waals surface area contributed by atoms with Crippen LogP contribution in [0.1, 0.15) is 16.8 Å². The van der Waals surface area contributed by atoms with Crippen LogP contribution >= 0.6 is 23.4 Å². The first kappa shape index (κ1) is 18.6. The Labute approximate surface area is 172 Å². The number of aromatic nitrogens is 1. The summed E-state index contributed by atoms with van der Waals surface area (Å²) < 4.78 is 2.01. The molecule has 1 aliphatic heterocycles. The number of benzene rings is 2. The molecule has 4 nitrogen and oxygen atoms in total. The van der Waals surface area contributed by atoms with Gasteiger partial charge < -0.3 is 9.88 Å². The fourth-order valence-electron chi connectivity index (χ4n) is 2.93. The maximum absolute atomic E-state index is 12.4. The third-order valence-electron chi connectivity index (χ3n) is 4.61. The summed E-state index contributed by atoms with van der Waals surface area (Å²) in [6.07, 6.45) is 3.83. The molecule has 6 heteroatoms. The number of aryl methyl sites for hydroxylation is 1. The summed E-state index contributed by atoms with van der Waals surface area (Å²) in [7, 11) is 0. The maximum Gasteiger partial charge on any atom is 0.264 e. The SMILES string of the molecule is Cc1cccc(N=C2NC(=O)/C(=C/c3cccn3-c3ccc(Cl)cc3)S2)c1C. The Bertz CT molecular complexity index is 1110. The van der Waals surface area contributed by atoms with Crippen molar-refractivity contribution < 1.29 is 4.79 Å². The van der Waals surface area contributed by atoms with E-state index in [4.69, 9.17) is 11.6 Å². The topological polar surface area (TPSA) is 46.4 Å². The number of halogens is 1. The van der Waals surface area contributed by atoms with E-state index in [1.807, 2.05) is 72.3 Å². The van der Waals surface area contributed by atoms with E-state index in [1.54, 1.807) is 0 Å². The van der Waals surface area contributed by atoms with Crippen molar-refractivity contribution in [1.82, 2.24) is 9.88 Å². The summed E-state index contributed by atoms with van der Waals surface area (Å²) in [4.78, 5) is 17.7. The normalized spacial score (nSPS) is 16.8. The van der Waals surface area contributed by atoms with Crippen LogP contribution in [0.2, 0.25) is 5.02 Å². The number of rotatable bonds is 3. The first-order valence-electron chi connectivity index (χ1n) is 8.80. The second-order valence-corrected chi connectivity index (χ2v) is 7.95. The standard InChI is InChI=1S/C22H18ClN3OS/c1-14-5-3-7-19(15(14)2)24-22-25-21(27)20(28-22)13-18-6-4-12-26(18)17-10-8-16(23)9-11-17/h3-13H,1-2H3,(H,24,25,27)/b20-13-. The molecule has 0 spiro atoms. The molecule has 4 rings (SSSR count). The third kappa shape index (κ3) is 3.77. The minimum Gasteiger partial charge on any atom is -0.317 e. The highest BCUT2D eigenvalue weighted by molar-refractivity contribution is 8.18. The smallest absolute Gasteiger partial charge is 0.264 e. The van der Waals surface area contributed by atoms with Crippen LogP contribution in [0.15, 0.2) is 70.7 Å². The monoisotopic (exact) mass is 407 g/mol. The molecule has 0 atom stereocenters. The predicted molar refractivity (Wildman–Crippen MR) is 118 cm³/mol. The molecule has 3 aromatic rings. The van der Waals surface area contributed by atoms with E-state index in [2.05, 4.69) is 23.3 Å². The molecule has 1 saturated heterocycles. The molecule has 2 heterocycles. The first-order valence-corrected chi connectivity index (χ1v) is 10.00. The predicted octanol–water partition coefficient (Wildman–Crippen LogP) is 5.64. The first-order chi connectivity index (χ1) is 13.5. The van der Waals surface area contributed by atoms with Crippen molar-refractivity contribution in [2.24, 2.45) is 4.99 Å². The number of nitrogens with one attached hydrogen (secondary N) is 1. The van der Waals surface area contributed by atoms with Crippen molar-refractivity contribution in [3.63, 3.8) is 0 Å². The molecule has 0 radical (unpaired) electrons. The molecule has 140 valence electrons. The Morgan fingerprint density at radius 2 is 1.86 bits per heavy atom. The number of carbonyl (C=O) groups excluding carboxylic acids is 1. The van der Waals surface area contributed by atoms with E-state index in [9.17, 15) is 4.79 Å². The number of thioether (sulfide) groups is 1. The van der Waals surface area contributed by atoms with Gasteiger partial charge in [0.05, 0.1) is 10.6 Å². The van der Waals surface area contributed by atoms with Crippen LogP contribution in [-0.4, -0.2) is 15.6 Å². The van der Waals surface area contributed by atoms with Gasteiger partial charge in [-0.15, -0.1) is 0 Å². The summed E-state index contributed by atoms with van der Waals surface area (Å²) in [5.41, 5.74) is 5.04. The zero-order valence-electron chi connectivity index (χ0n) is 15.4. The second-order valence-electron chi connectivity index (χ2n) is 6.48. The van der Waals surface area contributed by atoms with Crippen molar-refractivity contribution in [1.29, 1.82) is 0 Å². The zero-order chi connectivity index (χ0) is 19.7. The summed E-state index contributed by atoms with van der Waals surface area (Å²) in [5, 5.41) is 4.14. The Balaban J connectivity index is 1.63. The Morgan fingerprint density at radius 3 is 2.64 bits per heavy atom. The average Bonchev–Trinajstić information content (AvgIpc) is 3.27. The van der Waals surface area contributed by atoms with Gasteiger partial charge >= 0.3 is 0 Å². The van der Waals surface area contributed by atoms with Gasteiger partial charge in [0.15, 0.2) is 5.17 Å². The van der Waals surface area contributed by atoms with Crippen LogP contribution in [0.25, 0.3) is 11.8 Å². The van der Waals surface area contributed by atoms with Gasteiger partial charge in [0.1, 0.15) is 0 Å². The van der Waals surface area contributed by atoms with Gasteiger partial charge in [-0.3, -0.25) is 4.79 Å². The molecule has 2 aromatic carbocycles. The van der Waals surface area contributed by atoms with E-state index in [-0.39, 0.29) is 5.91 Å². The molecule has 0 unspecified atom stereocenters. The van der Waals surface area contributed by atoms with Crippen molar-refractivity contribution in [3.8, 4) is 5.69 Å². The number of aliphatic imine (C=N–C) groups is 1. The van der Waals surface area contributed by atoms with Crippen LogP contribution in [0.5, 0.6) is 0 Å². The highest BCUT2D eigenvalue weighted by Gasteiger charge is 2.24. The van der Waals surface area contributed by atoms with E-state index in [1.165, 1.54) is 17.3 Å². The molecular weight excluding hydrogens is 390 g/mol. The molecule has 1 amide bonds. The molecule has 1 N–H and O–H groups in total. The number of nitrogens with zero attached hydrogens (tertiary/aromatic N) is 2. The third-order valence-corrected chi connectivity index (χ3v) is 5.77. The highest BCUT2D eigenvalue weighted by atomic mass is 35.5. The van der Waals surface area contributed by atoms with E-state index >= 15 is 0 Å². The molecular formula is C22H18ClN3OS. The van der Waals surface area contributed by atoms with E-state index < -0.39 is 0 Å². The van der Waals surface area contributed by atoms with Gasteiger partial charge in [0.2, 0.25) is 0 Å². The fraction of sp³-hybridized carbons (Fsp3) is 0.0909. The molecule has 0 saturated carbocycles. The lowest BCUT2D eigenvalue weighted by Crippen LogP contribution is -2.19. The fourth-order valence-corrected chi connectivity index (χ4v) is 3.87. The number of amides is 1. The van der Waals surface area contributed by atoms with Crippen molar-refractivity contribution in [2.45, 2.75) is 13.8 Å². The number of carbonyl (C=O) groups is 1. The Hall–Kier alpha value is -2.76. The van der Waals surface area contributed by atoms with Gasteiger partial charge in [-0.05, 0) is 85.3 Å². The molecule has 1 aliphatic rings. The van der Waals surface area contributed by atoms with Crippen LogP contribution in [-0.2, 0) is 4.79 Å². The van der Waals surface area contributed by atoms with Crippen LogP contribution < -0.4 is 5.32 Å². The van der Waals surface area contributed by atoms with E-state index in [0.29, 0.717) is 15.1 Å². The van der Waals surface area contributed by atoms with E-state index in [0.717, 1.165) is 22.6 Å². The van der Waals surface area contributed by atoms with Gasteiger partial charge in [-0.1, -0.05) is 23.7 Å². The molecule has 0 bridgehead atoms. The number of hydrogen-bond donors (Lipinski definition) is 1. The lowest BCUT2D eigenvalue weighted by Gasteiger charge is -2.06. The maximum atomic E-state index is 12.4. The zero-order valence-corrected chi connectivity index (χ0v) is 17.0. The van der Waals surface area contributed by atoms with Crippen molar-refractivity contribution in [2.75, 3.05) is 0 Å². The summed E-state index contributed by atoms with van der Waals surface area (Å²) in [6.45, 7) is 4.08. The summed E-state index contributed by atoms with van der Waals surface area (Å²) in [5.74, 6) is -0.141. The summed E-state index contributed by atoms with van der Waals surface area (Å²) >= 11 is 7.33. The lowest BCUT2D eigenvalue weighted by molar-refractivity contribution is -0.115.